The number of hydrogen-bond donors (Lipinski definition) is 0. The van der Waals surface area contributed by atoms with Crippen LogP contribution in [0.4, 0.5) is 5.69 Å². The molecule has 124 valence electrons. The van der Waals surface area contributed by atoms with E-state index in [2.05, 4.69) is 49.0 Å². The minimum Gasteiger partial charge on any atom is -0.415 e. The lowest BCUT2D eigenvalue weighted by Crippen LogP contribution is -2.43. The molecule has 0 unspecified atom stereocenters. The third kappa shape index (κ3) is 3.75. The molecule has 0 saturated heterocycles. The van der Waals surface area contributed by atoms with Crippen LogP contribution in [0.25, 0.3) is 0 Å². The average molecular weight is 362 g/mol. The van der Waals surface area contributed by atoms with Gasteiger partial charge in [-0.15, -0.1) is 10.2 Å². The summed E-state index contributed by atoms with van der Waals surface area (Å²) < 4.78 is 6.27. The van der Waals surface area contributed by atoms with Crippen molar-refractivity contribution in [2.75, 3.05) is 24.6 Å². The largest absolute Gasteiger partial charge is 0.415 e. The van der Waals surface area contributed by atoms with Gasteiger partial charge in [0.15, 0.2) is 18.6 Å². The smallest absolute Gasteiger partial charge is 0.192 e. The predicted octanol–water partition coefficient (Wildman–Crippen LogP) is 4.56. The van der Waals surface area contributed by atoms with E-state index < -0.39 is 8.32 Å². The van der Waals surface area contributed by atoms with Crippen LogP contribution in [0.3, 0.4) is 0 Å². The molecule has 0 amide bonds. The number of hydrogen-bond acceptors (Lipinski definition) is 4. The number of rotatable bonds is 4. The normalized spacial score (nSPS) is 15.9. The number of nitrogens with zero attached hydrogens (tertiary/aromatic N) is 3. The van der Waals surface area contributed by atoms with Crippen molar-refractivity contribution in [2.24, 2.45) is 0 Å². The van der Waals surface area contributed by atoms with E-state index in [0.717, 1.165) is 37.2 Å². The molecule has 0 spiro atoms. The molecular weight excluding hydrogens is 337 g/mol. The molecule has 2 heterocycles. The molecule has 0 N–H and O–H groups in total. The molecule has 0 saturated carbocycles. The molecule has 0 aliphatic carbocycles. The second-order valence-electron chi connectivity index (χ2n) is 7.31. The molecule has 0 radical (unpaired) electrons. The Morgan fingerprint density at radius 3 is 2.45 bits per heavy atom. The van der Waals surface area contributed by atoms with Crippen molar-refractivity contribution in [1.29, 1.82) is 0 Å². The molecule has 1 aliphatic heterocycles. The minimum absolute atomic E-state index is 0.221. The Bertz CT molecular complexity index is 546. The number of aromatic nitrogens is 2. The van der Waals surface area contributed by atoms with Crippen LogP contribution < -0.4 is 4.90 Å². The maximum atomic E-state index is 6.27. The van der Waals surface area contributed by atoms with Crippen molar-refractivity contribution in [3.05, 3.63) is 15.9 Å². The zero-order valence-corrected chi connectivity index (χ0v) is 16.6. The predicted molar refractivity (Wildman–Crippen MR) is 95.7 cm³/mol. The fourth-order valence-electron chi connectivity index (χ4n) is 2.37. The summed E-state index contributed by atoms with van der Waals surface area (Å²) in [6.45, 7) is 13.8. The molecule has 1 aliphatic rings. The summed E-state index contributed by atoms with van der Waals surface area (Å²) >= 11 is 12.4. The Kier molecular flexibility index (Phi) is 5.42. The van der Waals surface area contributed by atoms with Gasteiger partial charge in [0.05, 0.1) is 12.3 Å². The summed E-state index contributed by atoms with van der Waals surface area (Å²) in [4.78, 5) is 2.23. The van der Waals surface area contributed by atoms with Crippen LogP contribution in [0, 0.1) is 0 Å². The first-order valence-corrected chi connectivity index (χ1v) is 11.4. The lowest BCUT2D eigenvalue weighted by Gasteiger charge is -2.38. The van der Waals surface area contributed by atoms with Crippen LogP contribution in [0.2, 0.25) is 28.4 Å². The lowest BCUT2D eigenvalue weighted by molar-refractivity contribution is 0.293. The third-order valence-electron chi connectivity index (χ3n) is 4.76. The SMILES string of the molecule is CC(C)(C)[Si](C)(C)OCCN1CCCc2c(Cl)nnc(Cl)c21. The van der Waals surface area contributed by atoms with Gasteiger partial charge in [0.25, 0.3) is 0 Å². The van der Waals surface area contributed by atoms with E-state index in [4.69, 9.17) is 27.6 Å². The maximum absolute atomic E-state index is 6.27. The van der Waals surface area contributed by atoms with Crippen molar-refractivity contribution in [2.45, 2.75) is 51.7 Å². The Balaban J connectivity index is 2.07. The van der Waals surface area contributed by atoms with E-state index in [0.29, 0.717) is 16.9 Å². The highest BCUT2D eigenvalue weighted by Crippen LogP contribution is 2.38. The van der Waals surface area contributed by atoms with Gasteiger partial charge in [-0.2, -0.15) is 0 Å². The molecule has 4 nitrogen and oxygen atoms in total. The fraction of sp³-hybridized carbons (Fsp3) is 0.733. The third-order valence-corrected chi connectivity index (χ3v) is 9.85. The van der Waals surface area contributed by atoms with Gasteiger partial charge in [0.2, 0.25) is 0 Å². The fourth-order valence-corrected chi connectivity index (χ4v) is 3.90. The highest BCUT2D eigenvalue weighted by Gasteiger charge is 2.37. The van der Waals surface area contributed by atoms with E-state index in [-0.39, 0.29) is 5.04 Å². The van der Waals surface area contributed by atoms with Gasteiger partial charge in [-0.3, -0.25) is 0 Å². The molecule has 1 aromatic heterocycles. The Labute approximate surface area is 144 Å². The molecule has 1 aromatic rings. The van der Waals surface area contributed by atoms with E-state index in [9.17, 15) is 0 Å². The van der Waals surface area contributed by atoms with Crippen LogP contribution in [-0.4, -0.2) is 38.2 Å². The molecule has 0 aromatic carbocycles. The minimum atomic E-state index is -1.72. The lowest BCUT2D eigenvalue weighted by atomic mass is 10.1. The van der Waals surface area contributed by atoms with Crippen LogP contribution >= 0.6 is 23.2 Å². The van der Waals surface area contributed by atoms with E-state index in [1.807, 2.05) is 0 Å². The first-order chi connectivity index (χ1) is 10.1. The summed E-state index contributed by atoms with van der Waals surface area (Å²) in [6, 6.07) is 0. The first kappa shape index (κ1) is 18.0. The molecular formula is C15H25Cl2N3OSi. The summed E-state index contributed by atoms with van der Waals surface area (Å²) in [7, 11) is -1.72. The van der Waals surface area contributed by atoms with Crippen LogP contribution in [0.5, 0.6) is 0 Å². The second kappa shape index (κ2) is 6.63. The number of halogens is 2. The quantitative estimate of drug-likeness (QED) is 0.736. The topological polar surface area (TPSA) is 38.2 Å². The molecule has 7 heteroatoms. The van der Waals surface area contributed by atoms with E-state index >= 15 is 0 Å². The van der Waals surface area contributed by atoms with Gasteiger partial charge in [0, 0.05) is 18.7 Å². The Hall–Kier alpha value is -0.363. The van der Waals surface area contributed by atoms with Gasteiger partial charge in [0.1, 0.15) is 0 Å². The van der Waals surface area contributed by atoms with Crippen molar-refractivity contribution in [1.82, 2.24) is 10.2 Å². The first-order valence-electron chi connectivity index (χ1n) is 7.73. The highest BCUT2D eigenvalue weighted by molar-refractivity contribution is 6.74. The van der Waals surface area contributed by atoms with Crippen molar-refractivity contribution in [3.8, 4) is 0 Å². The Morgan fingerprint density at radius 2 is 1.82 bits per heavy atom. The van der Waals surface area contributed by atoms with Crippen molar-refractivity contribution >= 4 is 37.2 Å². The van der Waals surface area contributed by atoms with Gasteiger partial charge in [-0.25, -0.2) is 0 Å². The monoisotopic (exact) mass is 361 g/mol. The standard InChI is InChI=1S/C15H25Cl2N3OSi/c1-15(2,3)22(4,5)21-10-9-20-8-6-7-11-12(20)14(17)19-18-13(11)16/h6-10H2,1-5H3. The van der Waals surface area contributed by atoms with E-state index in [1.165, 1.54) is 0 Å². The van der Waals surface area contributed by atoms with Crippen molar-refractivity contribution < 1.29 is 4.43 Å². The average Bonchev–Trinajstić information content (AvgIpc) is 2.41. The highest BCUT2D eigenvalue weighted by atomic mass is 35.5. The maximum Gasteiger partial charge on any atom is 0.192 e. The van der Waals surface area contributed by atoms with Crippen LogP contribution in [0.15, 0.2) is 0 Å². The summed E-state index contributed by atoms with van der Waals surface area (Å²) in [5.41, 5.74) is 1.95. The molecule has 0 fully saturated rings. The zero-order chi connectivity index (χ0) is 16.5. The van der Waals surface area contributed by atoms with Gasteiger partial charge in [-0.05, 0) is 31.0 Å². The van der Waals surface area contributed by atoms with Gasteiger partial charge >= 0.3 is 0 Å². The van der Waals surface area contributed by atoms with Crippen LogP contribution in [0.1, 0.15) is 32.8 Å². The Morgan fingerprint density at radius 1 is 1.18 bits per heavy atom. The second-order valence-corrected chi connectivity index (χ2v) is 12.8. The molecule has 0 atom stereocenters. The molecule has 22 heavy (non-hydrogen) atoms. The summed E-state index contributed by atoms with van der Waals surface area (Å²) in [5, 5.41) is 8.98. The zero-order valence-electron chi connectivity index (χ0n) is 14.0. The molecule has 2 rings (SSSR count). The summed E-state index contributed by atoms with van der Waals surface area (Å²) in [6.07, 6.45) is 1.96. The van der Waals surface area contributed by atoms with E-state index in [1.54, 1.807) is 0 Å². The number of fused-ring (bicyclic) bond motifs is 1. The van der Waals surface area contributed by atoms with Gasteiger partial charge in [-0.1, -0.05) is 44.0 Å². The van der Waals surface area contributed by atoms with Crippen LogP contribution in [-0.2, 0) is 10.8 Å². The summed E-state index contributed by atoms with van der Waals surface area (Å²) in [5.74, 6) is 0. The van der Waals surface area contributed by atoms with Crippen molar-refractivity contribution in [3.63, 3.8) is 0 Å². The number of anilines is 1. The molecule has 0 bridgehead atoms. The van der Waals surface area contributed by atoms with Gasteiger partial charge < -0.3 is 9.33 Å².